The van der Waals surface area contributed by atoms with E-state index in [4.69, 9.17) is 0 Å². The van der Waals surface area contributed by atoms with Crippen LogP contribution in [0.5, 0.6) is 0 Å². The number of nitrogens with zero attached hydrogens (tertiary/aromatic N) is 3. The third-order valence-electron chi connectivity index (χ3n) is 3.70. The lowest BCUT2D eigenvalue weighted by atomic mass is 10.1. The first-order valence-electron chi connectivity index (χ1n) is 6.89. The van der Waals surface area contributed by atoms with Gasteiger partial charge in [0.1, 0.15) is 0 Å². The smallest absolute Gasteiger partial charge is 0.378 e. The molecule has 2 aromatic rings. The molecule has 0 bridgehead atoms. The molecule has 0 aromatic carbocycles. The third-order valence-corrected chi connectivity index (χ3v) is 3.70. The SMILES string of the molecule is OC(c1ncccc1Cn1cnc2c1CCNC2)C(F)(F)F. The summed E-state index contributed by atoms with van der Waals surface area (Å²) < 4.78 is 40.1. The Morgan fingerprint density at radius 1 is 1.36 bits per heavy atom. The van der Waals surface area contributed by atoms with Crippen molar-refractivity contribution in [1.29, 1.82) is 0 Å². The monoisotopic (exact) mass is 312 g/mol. The van der Waals surface area contributed by atoms with E-state index in [1.54, 1.807) is 18.5 Å². The van der Waals surface area contributed by atoms with E-state index in [0.29, 0.717) is 12.1 Å². The lowest BCUT2D eigenvalue weighted by Gasteiger charge is -2.19. The van der Waals surface area contributed by atoms with Gasteiger partial charge in [-0.25, -0.2) is 4.98 Å². The van der Waals surface area contributed by atoms with Crippen LogP contribution in [-0.4, -0.2) is 32.4 Å². The quantitative estimate of drug-likeness (QED) is 0.903. The van der Waals surface area contributed by atoms with Crippen LogP contribution < -0.4 is 5.32 Å². The van der Waals surface area contributed by atoms with E-state index in [1.165, 1.54) is 6.20 Å². The molecule has 1 atom stereocenters. The van der Waals surface area contributed by atoms with E-state index in [-0.39, 0.29) is 12.2 Å². The fourth-order valence-electron chi connectivity index (χ4n) is 2.60. The lowest BCUT2D eigenvalue weighted by molar-refractivity contribution is -0.208. The van der Waals surface area contributed by atoms with E-state index in [2.05, 4.69) is 15.3 Å². The number of pyridine rings is 1. The van der Waals surface area contributed by atoms with E-state index < -0.39 is 12.3 Å². The standard InChI is InChI=1S/C14H15F3N4O/c15-14(16,17)13(22)12-9(2-1-4-19-12)7-21-8-20-10-6-18-5-3-11(10)21/h1-2,4,8,13,18,22H,3,5-7H2. The van der Waals surface area contributed by atoms with Crippen molar-refractivity contribution in [3.05, 3.63) is 47.3 Å². The van der Waals surface area contributed by atoms with Gasteiger partial charge < -0.3 is 15.0 Å². The van der Waals surface area contributed by atoms with Gasteiger partial charge in [0.15, 0.2) is 6.10 Å². The summed E-state index contributed by atoms with van der Waals surface area (Å²) in [7, 11) is 0. The zero-order valence-corrected chi connectivity index (χ0v) is 11.6. The van der Waals surface area contributed by atoms with Crippen LogP contribution in [0.25, 0.3) is 0 Å². The van der Waals surface area contributed by atoms with Crippen molar-refractivity contribution in [1.82, 2.24) is 19.9 Å². The molecule has 0 aliphatic carbocycles. The van der Waals surface area contributed by atoms with Crippen LogP contribution in [-0.2, 0) is 19.5 Å². The minimum atomic E-state index is -4.73. The highest BCUT2D eigenvalue weighted by Crippen LogP contribution is 2.33. The molecule has 0 radical (unpaired) electrons. The summed E-state index contributed by atoms with van der Waals surface area (Å²) in [4.78, 5) is 7.99. The van der Waals surface area contributed by atoms with Gasteiger partial charge in [-0.1, -0.05) is 6.07 Å². The second kappa shape index (κ2) is 5.69. The Morgan fingerprint density at radius 3 is 2.95 bits per heavy atom. The Hall–Kier alpha value is -1.93. The number of aliphatic hydroxyl groups excluding tert-OH is 1. The van der Waals surface area contributed by atoms with Gasteiger partial charge in [-0.3, -0.25) is 4.98 Å². The molecule has 3 heterocycles. The third kappa shape index (κ3) is 2.84. The number of nitrogens with one attached hydrogen (secondary N) is 1. The predicted octanol–water partition coefficient (Wildman–Crippen LogP) is 1.57. The maximum atomic E-state index is 12.7. The molecule has 1 unspecified atom stereocenters. The van der Waals surface area contributed by atoms with Crippen molar-refractivity contribution in [2.24, 2.45) is 0 Å². The molecule has 0 spiro atoms. The Morgan fingerprint density at radius 2 is 2.18 bits per heavy atom. The normalized spacial score (nSPS) is 16.4. The minimum Gasteiger partial charge on any atom is -0.378 e. The second-order valence-corrected chi connectivity index (χ2v) is 5.18. The van der Waals surface area contributed by atoms with Gasteiger partial charge in [0.05, 0.1) is 24.3 Å². The van der Waals surface area contributed by atoms with Crippen molar-refractivity contribution < 1.29 is 18.3 Å². The molecule has 8 heteroatoms. The molecule has 3 rings (SSSR count). The number of imidazole rings is 1. The van der Waals surface area contributed by atoms with Crippen LogP contribution in [0.4, 0.5) is 13.2 Å². The summed E-state index contributed by atoms with van der Waals surface area (Å²) in [5.74, 6) is 0. The molecule has 0 saturated carbocycles. The summed E-state index contributed by atoms with van der Waals surface area (Å²) in [6, 6.07) is 3.11. The number of rotatable bonds is 3. The summed E-state index contributed by atoms with van der Waals surface area (Å²) in [5.41, 5.74) is 1.90. The molecule has 2 aromatic heterocycles. The Balaban J connectivity index is 1.92. The Kier molecular flexibility index (Phi) is 3.88. The highest BCUT2D eigenvalue weighted by molar-refractivity contribution is 5.25. The van der Waals surface area contributed by atoms with Crippen molar-refractivity contribution in [2.45, 2.75) is 31.8 Å². The Labute approximate surface area is 124 Å². The van der Waals surface area contributed by atoms with Crippen LogP contribution in [0.2, 0.25) is 0 Å². The fourth-order valence-corrected chi connectivity index (χ4v) is 2.60. The number of hydrogen-bond donors (Lipinski definition) is 2. The summed E-state index contributed by atoms with van der Waals surface area (Å²) in [5, 5.41) is 12.7. The van der Waals surface area contributed by atoms with E-state index in [0.717, 1.165) is 24.4 Å². The maximum Gasteiger partial charge on any atom is 0.420 e. The number of fused-ring (bicyclic) bond motifs is 1. The number of halogens is 3. The molecule has 1 aliphatic heterocycles. The van der Waals surface area contributed by atoms with Crippen LogP contribution in [0.1, 0.15) is 28.7 Å². The van der Waals surface area contributed by atoms with E-state index >= 15 is 0 Å². The van der Waals surface area contributed by atoms with E-state index in [9.17, 15) is 18.3 Å². The molecule has 118 valence electrons. The van der Waals surface area contributed by atoms with Crippen LogP contribution >= 0.6 is 0 Å². The molecule has 0 fully saturated rings. The van der Waals surface area contributed by atoms with Crippen LogP contribution in [0.3, 0.4) is 0 Å². The Bertz CT molecular complexity index is 668. The molecule has 0 amide bonds. The van der Waals surface area contributed by atoms with Gasteiger partial charge in [0.2, 0.25) is 0 Å². The largest absolute Gasteiger partial charge is 0.420 e. The number of aliphatic hydroxyl groups is 1. The molecular weight excluding hydrogens is 297 g/mol. The average Bonchev–Trinajstić information content (AvgIpc) is 2.90. The molecule has 5 nitrogen and oxygen atoms in total. The topological polar surface area (TPSA) is 63.0 Å². The minimum absolute atomic E-state index is 0.207. The first-order valence-corrected chi connectivity index (χ1v) is 6.89. The van der Waals surface area contributed by atoms with Gasteiger partial charge in [-0.2, -0.15) is 13.2 Å². The van der Waals surface area contributed by atoms with Gasteiger partial charge >= 0.3 is 6.18 Å². The summed E-state index contributed by atoms with van der Waals surface area (Å²) in [6.45, 7) is 1.68. The summed E-state index contributed by atoms with van der Waals surface area (Å²) >= 11 is 0. The first kappa shape index (κ1) is 15.0. The number of alkyl halides is 3. The van der Waals surface area contributed by atoms with Crippen molar-refractivity contribution in [3.8, 4) is 0 Å². The highest BCUT2D eigenvalue weighted by Gasteiger charge is 2.41. The molecule has 22 heavy (non-hydrogen) atoms. The lowest BCUT2D eigenvalue weighted by Crippen LogP contribution is -2.26. The predicted molar refractivity (Wildman–Crippen MR) is 72.0 cm³/mol. The number of hydrogen-bond acceptors (Lipinski definition) is 4. The fraction of sp³-hybridized carbons (Fsp3) is 0.429. The van der Waals surface area contributed by atoms with Crippen molar-refractivity contribution in [3.63, 3.8) is 0 Å². The molecule has 2 N–H and O–H groups in total. The highest BCUT2D eigenvalue weighted by atomic mass is 19.4. The first-order chi connectivity index (χ1) is 10.5. The summed E-state index contributed by atoms with van der Waals surface area (Å²) in [6.07, 6.45) is -3.67. The molecule has 1 aliphatic rings. The van der Waals surface area contributed by atoms with Crippen LogP contribution in [0.15, 0.2) is 24.7 Å². The van der Waals surface area contributed by atoms with Gasteiger partial charge in [-0.15, -0.1) is 0 Å². The zero-order valence-electron chi connectivity index (χ0n) is 11.6. The van der Waals surface area contributed by atoms with Gasteiger partial charge in [0, 0.05) is 31.4 Å². The second-order valence-electron chi connectivity index (χ2n) is 5.18. The zero-order chi connectivity index (χ0) is 15.7. The van der Waals surface area contributed by atoms with Gasteiger partial charge in [0.25, 0.3) is 0 Å². The van der Waals surface area contributed by atoms with Crippen LogP contribution in [0, 0.1) is 0 Å². The maximum absolute atomic E-state index is 12.7. The molecular formula is C14H15F3N4O. The van der Waals surface area contributed by atoms with Crippen molar-refractivity contribution >= 4 is 0 Å². The molecule has 0 saturated heterocycles. The average molecular weight is 312 g/mol. The van der Waals surface area contributed by atoms with E-state index in [1.807, 2.05) is 4.57 Å². The number of aromatic nitrogens is 3. The van der Waals surface area contributed by atoms with Gasteiger partial charge in [-0.05, 0) is 11.6 Å². The van der Waals surface area contributed by atoms with Crippen molar-refractivity contribution in [2.75, 3.05) is 6.54 Å².